The number of carbonyl (C=O) groups excluding carboxylic acids is 2. The third-order valence-corrected chi connectivity index (χ3v) is 4.06. The molecule has 200 valence electrons. The van der Waals surface area contributed by atoms with Crippen LogP contribution < -0.4 is 0 Å². The van der Waals surface area contributed by atoms with E-state index in [-0.39, 0.29) is 37.9 Å². The molecule has 0 amide bonds. The number of rotatable bonds is 14. The fraction of sp³-hybridized carbons (Fsp3) is 0.727. The zero-order valence-electron chi connectivity index (χ0n) is 21.4. The van der Waals surface area contributed by atoms with Crippen LogP contribution in [0.5, 0.6) is 0 Å². The second-order valence-corrected chi connectivity index (χ2v) is 7.96. The first-order valence-corrected chi connectivity index (χ1v) is 11.1. The van der Waals surface area contributed by atoms with Gasteiger partial charge in [0.1, 0.15) is 11.8 Å². The summed E-state index contributed by atoms with van der Waals surface area (Å²) in [5.74, 6) is -5.41. The first kappa shape index (κ1) is 34.2. The highest BCUT2D eigenvalue weighted by molar-refractivity contribution is 5.73. The molecule has 14 nitrogen and oxygen atoms in total. The Labute approximate surface area is 210 Å². The van der Waals surface area contributed by atoms with Crippen LogP contribution in [0.3, 0.4) is 0 Å². The summed E-state index contributed by atoms with van der Waals surface area (Å²) in [4.78, 5) is 43.1. The molecule has 0 saturated heterocycles. The van der Waals surface area contributed by atoms with Gasteiger partial charge in [-0.15, -0.1) is 10.2 Å². The zero-order chi connectivity index (χ0) is 28.3. The molecule has 0 aromatic carbocycles. The minimum atomic E-state index is -1.21. The standard InChI is InChI=1S/C12H16N4O4.C10H18N2O4/c1-7(3-9(5-13)11(17)18)15-16-8(2)4-10(6-14)12(19)20;1-5-8(13)15-7-11-12-10(3,4)16-9(14)6-2/h7-10H,3-4H2,1-2H3,(H,17,18)(H,19,20);5-7H2,1-4H3. The number of carboxylic acids is 2. The SMILES string of the molecule is CC(CC(C#N)C(=O)O)N=NC(C)CC(C#N)C(=O)O.CCC(=O)OCN=NC(C)(C)OC(=O)CC. The molecule has 0 aliphatic heterocycles. The Morgan fingerprint density at radius 3 is 1.61 bits per heavy atom. The third-order valence-electron chi connectivity index (χ3n) is 4.06. The van der Waals surface area contributed by atoms with Gasteiger partial charge in [-0.25, -0.2) is 0 Å². The normalized spacial score (nSPS) is 14.3. The molecule has 36 heavy (non-hydrogen) atoms. The van der Waals surface area contributed by atoms with Crippen molar-refractivity contribution in [3.05, 3.63) is 0 Å². The lowest BCUT2D eigenvalue weighted by molar-refractivity contribution is -0.156. The molecular formula is C22H34N6O8. The van der Waals surface area contributed by atoms with Crippen molar-refractivity contribution in [3.8, 4) is 12.1 Å². The number of carbonyl (C=O) groups is 4. The molecule has 0 radical (unpaired) electrons. The summed E-state index contributed by atoms with van der Waals surface area (Å²) < 4.78 is 9.66. The smallest absolute Gasteiger partial charge is 0.320 e. The first-order valence-electron chi connectivity index (χ1n) is 11.1. The number of ether oxygens (including phenoxy) is 2. The molecule has 0 aromatic rings. The Balaban J connectivity index is 0. The molecule has 4 unspecified atom stereocenters. The number of nitrogens with zero attached hydrogens (tertiary/aromatic N) is 6. The quantitative estimate of drug-likeness (QED) is 0.255. The van der Waals surface area contributed by atoms with E-state index in [0.717, 1.165) is 0 Å². The molecule has 2 N–H and O–H groups in total. The van der Waals surface area contributed by atoms with Gasteiger partial charge in [0.05, 0.1) is 24.2 Å². The number of esters is 2. The van der Waals surface area contributed by atoms with Crippen LogP contribution in [0.15, 0.2) is 20.5 Å². The van der Waals surface area contributed by atoms with Gasteiger partial charge in [0.2, 0.25) is 12.5 Å². The average Bonchev–Trinajstić information content (AvgIpc) is 2.81. The topological polar surface area (TPSA) is 224 Å². The Morgan fingerprint density at radius 2 is 1.28 bits per heavy atom. The molecule has 4 atom stereocenters. The summed E-state index contributed by atoms with van der Waals surface area (Å²) in [6.45, 7) is 9.66. The van der Waals surface area contributed by atoms with Gasteiger partial charge in [-0.05, 0) is 40.5 Å². The molecular weight excluding hydrogens is 476 g/mol. The minimum Gasteiger partial charge on any atom is -0.480 e. The van der Waals surface area contributed by atoms with Gasteiger partial charge in [0.25, 0.3) is 0 Å². The molecule has 0 spiro atoms. The monoisotopic (exact) mass is 510 g/mol. The van der Waals surface area contributed by atoms with Gasteiger partial charge in [0, 0.05) is 12.8 Å². The summed E-state index contributed by atoms with van der Waals surface area (Å²) in [5.41, 5.74) is -1.02. The number of nitriles is 2. The summed E-state index contributed by atoms with van der Waals surface area (Å²) in [6, 6.07) is 2.37. The highest BCUT2D eigenvalue weighted by Crippen LogP contribution is 2.14. The molecule has 0 fully saturated rings. The fourth-order valence-electron chi connectivity index (χ4n) is 2.19. The molecule has 0 aliphatic rings. The maximum atomic E-state index is 11.0. The van der Waals surface area contributed by atoms with E-state index >= 15 is 0 Å². The third kappa shape index (κ3) is 17.5. The Morgan fingerprint density at radius 1 is 0.861 bits per heavy atom. The zero-order valence-corrected chi connectivity index (χ0v) is 21.4. The van der Waals surface area contributed by atoms with Crippen molar-refractivity contribution in [1.29, 1.82) is 10.5 Å². The summed E-state index contributed by atoms with van der Waals surface area (Å²) in [7, 11) is 0. The van der Waals surface area contributed by atoms with E-state index in [9.17, 15) is 19.2 Å². The van der Waals surface area contributed by atoms with Gasteiger partial charge < -0.3 is 19.7 Å². The Kier molecular flexibility index (Phi) is 17.5. The van der Waals surface area contributed by atoms with E-state index in [4.69, 9.17) is 25.5 Å². The Bertz CT molecular complexity index is 833. The van der Waals surface area contributed by atoms with Gasteiger partial charge in [-0.1, -0.05) is 13.8 Å². The maximum absolute atomic E-state index is 11.0. The number of hydrogen-bond donors (Lipinski definition) is 2. The van der Waals surface area contributed by atoms with E-state index in [1.807, 2.05) is 0 Å². The number of azo groups is 2. The second kappa shape index (κ2) is 18.4. The van der Waals surface area contributed by atoms with Crippen LogP contribution >= 0.6 is 0 Å². The number of carboxylic acid groups (broad SMARTS) is 2. The van der Waals surface area contributed by atoms with Crippen LogP contribution in [0.2, 0.25) is 0 Å². The summed E-state index contributed by atoms with van der Waals surface area (Å²) >= 11 is 0. The Hall–Kier alpha value is -3.94. The predicted molar refractivity (Wildman–Crippen MR) is 123 cm³/mol. The van der Waals surface area contributed by atoms with E-state index in [0.29, 0.717) is 6.42 Å². The highest BCUT2D eigenvalue weighted by atomic mass is 16.6. The van der Waals surface area contributed by atoms with Gasteiger partial charge in [0.15, 0.2) is 0 Å². The maximum Gasteiger partial charge on any atom is 0.320 e. The van der Waals surface area contributed by atoms with Crippen molar-refractivity contribution in [2.24, 2.45) is 32.3 Å². The second-order valence-electron chi connectivity index (χ2n) is 7.96. The highest BCUT2D eigenvalue weighted by Gasteiger charge is 2.22. The van der Waals surface area contributed by atoms with E-state index < -0.39 is 41.6 Å². The lowest BCUT2D eigenvalue weighted by atomic mass is 10.0. The lowest BCUT2D eigenvalue weighted by Crippen LogP contribution is -2.25. The molecule has 14 heteroatoms. The van der Waals surface area contributed by atoms with Crippen LogP contribution in [0.4, 0.5) is 0 Å². The first-order chi connectivity index (χ1) is 16.7. The van der Waals surface area contributed by atoms with Crippen molar-refractivity contribution in [3.63, 3.8) is 0 Å². The van der Waals surface area contributed by atoms with Crippen molar-refractivity contribution in [2.45, 2.75) is 85.0 Å². The minimum absolute atomic E-state index is 0.0304. The molecule has 0 aliphatic carbocycles. The fourth-order valence-corrected chi connectivity index (χ4v) is 2.19. The largest absolute Gasteiger partial charge is 0.480 e. The summed E-state index contributed by atoms with van der Waals surface area (Å²) in [6.07, 6.45) is 0.638. The van der Waals surface area contributed by atoms with Gasteiger partial charge in [-0.3, -0.25) is 19.2 Å². The van der Waals surface area contributed by atoms with E-state index in [1.54, 1.807) is 53.7 Å². The van der Waals surface area contributed by atoms with Crippen LogP contribution in [0, 0.1) is 34.5 Å². The van der Waals surface area contributed by atoms with Crippen LogP contribution in [0.25, 0.3) is 0 Å². The molecule has 0 saturated carbocycles. The molecule has 0 aromatic heterocycles. The van der Waals surface area contributed by atoms with Crippen molar-refractivity contribution >= 4 is 23.9 Å². The number of aliphatic carboxylic acids is 2. The summed E-state index contributed by atoms with van der Waals surface area (Å²) in [5, 5.41) is 49.8. The van der Waals surface area contributed by atoms with E-state index in [2.05, 4.69) is 25.2 Å². The van der Waals surface area contributed by atoms with E-state index in [1.165, 1.54) is 0 Å². The van der Waals surface area contributed by atoms with Crippen molar-refractivity contribution < 1.29 is 38.9 Å². The van der Waals surface area contributed by atoms with Crippen LogP contribution in [0.1, 0.15) is 67.2 Å². The van der Waals surface area contributed by atoms with Gasteiger partial charge in [-0.2, -0.15) is 20.8 Å². The molecule has 0 rings (SSSR count). The molecule has 0 heterocycles. The lowest BCUT2D eigenvalue weighted by Gasteiger charge is -2.18. The van der Waals surface area contributed by atoms with Crippen LogP contribution in [-0.2, 0) is 28.7 Å². The molecule has 0 bridgehead atoms. The van der Waals surface area contributed by atoms with Crippen molar-refractivity contribution in [1.82, 2.24) is 0 Å². The number of hydrogen-bond acceptors (Lipinski definition) is 12. The predicted octanol–water partition coefficient (Wildman–Crippen LogP) is 3.48. The average molecular weight is 511 g/mol. The van der Waals surface area contributed by atoms with Crippen LogP contribution in [-0.4, -0.2) is 58.6 Å². The van der Waals surface area contributed by atoms with Gasteiger partial charge >= 0.3 is 23.9 Å². The van der Waals surface area contributed by atoms with Crippen molar-refractivity contribution in [2.75, 3.05) is 6.73 Å².